The van der Waals surface area contributed by atoms with Crippen molar-refractivity contribution in [2.45, 2.75) is 0 Å². The number of rotatable bonds is 1. The van der Waals surface area contributed by atoms with Crippen molar-refractivity contribution < 1.29 is 25.2 Å². The third kappa shape index (κ3) is 1.99. The average molecular weight is 272 g/mol. The van der Waals surface area contributed by atoms with Crippen LogP contribution in [0, 0.1) is 0 Å². The highest BCUT2D eigenvalue weighted by Crippen LogP contribution is 2.39. The summed E-state index contributed by atoms with van der Waals surface area (Å²) in [6.45, 7) is 0.265. The summed E-state index contributed by atoms with van der Waals surface area (Å²) in [5.41, 5.74) is 2.13. The number of phenolic OH excluding ortho intramolecular Hbond substituents is 4. The number of hydrogen-bond donors (Lipinski definition) is 4. The van der Waals surface area contributed by atoms with Crippen molar-refractivity contribution in [3.63, 3.8) is 0 Å². The maximum Gasteiger partial charge on any atom is 0.161 e. The van der Waals surface area contributed by atoms with E-state index < -0.39 is 0 Å². The summed E-state index contributed by atoms with van der Waals surface area (Å²) in [5.74, 6) is -0.370. The number of phenols is 4. The Balaban J connectivity index is 2.05. The van der Waals surface area contributed by atoms with Crippen LogP contribution in [0.1, 0.15) is 11.1 Å². The molecule has 0 amide bonds. The fraction of sp³-hybridized carbons (Fsp3) is 0.0667. The van der Waals surface area contributed by atoms with Gasteiger partial charge in [-0.05, 0) is 35.4 Å². The molecule has 3 rings (SSSR count). The van der Waals surface area contributed by atoms with Crippen LogP contribution < -0.4 is 4.74 Å². The van der Waals surface area contributed by atoms with E-state index in [2.05, 4.69) is 0 Å². The first kappa shape index (κ1) is 12.2. The van der Waals surface area contributed by atoms with Gasteiger partial charge >= 0.3 is 0 Å². The van der Waals surface area contributed by atoms with Crippen LogP contribution in [0.3, 0.4) is 0 Å². The quantitative estimate of drug-likeness (QED) is 0.599. The van der Waals surface area contributed by atoms with Gasteiger partial charge in [0, 0.05) is 11.6 Å². The van der Waals surface area contributed by atoms with Gasteiger partial charge in [0.05, 0.1) is 0 Å². The van der Waals surface area contributed by atoms with Gasteiger partial charge in [-0.1, -0.05) is 6.07 Å². The first-order chi connectivity index (χ1) is 9.54. The molecule has 5 nitrogen and oxygen atoms in total. The predicted molar refractivity (Wildman–Crippen MR) is 72.9 cm³/mol. The van der Waals surface area contributed by atoms with E-state index in [0.29, 0.717) is 16.9 Å². The van der Waals surface area contributed by atoms with E-state index >= 15 is 0 Å². The molecule has 1 aliphatic rings. The maximum atomic E-state index is 9.52. The Labute approximate surface area is 114 Å². The van der Waals surface area contributed by atoms with E-state index in [4.69, 9.17) is 4.74 Å². The van der Waals surface area contributed by atoms with Crippen molar-refractivity contribution >= 4 is 11.6 Å². The Morgan fingerprint density at radius 3 is 2.25 bits per heavy atom. The van der Waals surface area contributed by atoms with Gasteiger partial charge in [0.1, 0.15) is 12.4 Å². The molecule has 2 aromatic rings. The molecule has 0 aromatic heterocycles. The Bertz CT molecular complexity index is 718. The van der Waals surface area contributed by atoms with E-state index in [0.717, 1.165) is 5.57 Å². The number of benzene rings is 2. The van der Waals surface area contributed by atoms with E-state index in [1.807, 2.05) is 0 Å². The van der Waals surface area contributed by atoms with Crippen LogP contribution in [0.5, 0.6) is 28.7 Å². The fourth-order valence-corrected chi connectivity index (χ4v) is 2.09. The van der Waals surface area contributed by atoms with Gasteiger partial charge in [0.15, 0.2) is 23.0 Å². The molecule has 2 aromatic carbocycles. The zero-order valence-corrected chi connectivity index (χ0v) is 10.4. The summed E-state index contributed by atoms with van der Waals surface area (Å²) < 4.78 is 5.51. The van der Waals surface area contributed by atoms with Crippen LogP contribution in [0.15, 0.2) is 30.3 Å². The van der Waals surface area contributed by atoms with Gasteiger partial charge in [0.2, 0.25) is 0 Å². The molecular weight excluding hydrogens is 260 g/mol. The Morgan fingerprint density at radius 2 is 1.50 bits per heavy atom. The van der Waals surface area contributed by atoms with Crippen molar-refractivity contribution in [2.75, 3.05) is 6.61 Å². The van der Waals surface area contributed by atoms with Crippen LogP contribution in [-0.4, -0.2) is 27.0 Å². The van der Waals surface area contributed by atoms with Gasteiger partial charge < -0.3 is 25.2 Å². The SMILES string of the molecule is Oc1ccc(C2=Cc3cc(O)c(O)cc3OC2)cc1O. The molecule has 0 radical (unpaired) electrons. The lowest BCUT2D eigenvalue weighted by Crippen LogP contribution is -2.06. The average Bonchev–Trinajstić information content (AvgIpc) is 2.43. The first-order valence-electron chi connectivity index (χ1n) is 5.96. The largest absolute Gasteiger partial charge is 0.504 e. The molecule has 5 heteroatoms. The van der Waals surface area contributed by atoms with Crippen molar-refractivity contribution in [2.24, 2.45) is 0 Å². The van der Waals surface area contributed by atoms with E-state index in [1.165, 1.54) is 24.3 Å². The number of ether oxygens (including phenoxy) is 1. The molecule has 0 atom stereocenters. The zero-order valence-electron chi connectivity index (χ0n) is 10.4. The van der Waals surface area contributed by atoms with Crippen LogP contribution in [0.2, 0.25) is 0 Å². The maximum absolute atomic E-state index is 9.52. The molecule has 0 unspecified atom stereocenters. The molecule has 0 spiro atoms. The molecule has 102 valence electrons. The highest BCUT2D eigenvalue weighted by atomic mass is 16.5. The third-order valence-corrected chi connectivity index (χ3v) is 3.17. The molecule has 0 saturated heterocycles. The fourth-order valence-electron chi connectivity index (χ4n) is 2.09. The summed E-state index contributed by atoms with van der Waals surface area (Å²) >= 11 is 0. The van der Waals surface area contributed by atoms with E-state index in [9.17, 15) is 20.4 Å². The topological polar surface area (TPSA) is 90.2 Å². The third-order valence-electron chi connectivity index (χ3n) is 3.17. The highest BCUT2D eigenvalue weighted by molar-refractivity contribution is 5.86. The lowest BCUT2D eigenvalue weighted by molar-refractivity contribution is 0.355. The standard InChI is InChI=1S/C15H12O5/c16-11-2-1-8(4-12(11)17)10-3-9-5-13(18)14(19)6-15(9)20-7-10/h1-6,16-19H,7H2. The second-order valence-electron chi connectivity index (χ2n) is 4.54. The van der Waals surface area contributed by atoms with Crippen molar-refractivity contribution in [1.29, 1.82) is 0 Å². The van der Waals surface area contributed by atoms with Crippen LogP contribution in [0.4, 0.5) is 0 Å². The van der Waals surface area contributed by atoms with Crippen molar-refractivity contribution in [3.05, 3.63) is 41.5 Å². The highest BCUT2D eigenvalue weighted by Gasteiger charge is 2.16. The minimum atomic E-state index is -0.233. The monoisotopic (exact) mass is 272 g/mol. The molecule has 0 bridgehead atoms. The van der Waals surface area contributed by atoms with Gasteiger partial charge in [-0.15, -0.1) is 0 Å². The number of hydrogen-bond acceptors (Lipinski definition) is 5. The zero-order chi connectivity index (χ0) is 14.3. The normalized spacial score (nSPS) is 13.3. The predicted octanol–water partition coefficient (Wildman–Crippen LogP) is 2.44. The van der Waals surface area contributed by atoms with Crippen LogP contribution >= 0.6 is 0 Å². The minimum Gasteiger partial charge on any atom is -0.504 e. The van der Waals surface area contributed by atoms with E-state index in [1.54, 1.807) is 12.1 Å². The Morgan fingerprint density at radius 1 is 0.800 bits per heavy atom. The van der Waals surface area contributed by atoms with Gasteiger partial charge in [-0.2, -0.15) is 0 Å². The van der Waals surface area contributed by atoms with Crippen LogP contribution in [0.25, 0.3) is 11.6 Å². The van der Waals surface area contributed by atoms with Crippen molar-refractivity contribution in [3.8, 4) is 28.7 Å². The Hall–Kier alpha value is -2.82. The molecule has 0 saturated carbocycles. The van der Waals surface area contributed by atoms with Crippen molar-refractivity contribution in [1.82, 2.24) is 0 Å². The minimum absolute atomic E-state index is 0.186. The first-order valence-corrected chi connectivity index (χ1v) is 5.96. The van der Waals surface area contributed by atoms with E-state index in [-0.39, 0.29) is 29.6 Å². The summed E-state index contributed by atoms with van der Waals surface area (Å²) in [4.78, 5) is 0. The molecule has 20 heavy (non-hydrogen) atoms. The molecule has 4 N–H and O–H groups in total. The van der Waals surface area contributed by atoms with Gasteiger partial charge in [-0.3, -0.25) is 0 Å². The summed E-state index contributed by atoms with van der Waals surface area (Å²) in [5, 5.41) is 37.7. The number of aromatic hydroxyl groups is 4. The lowest BCUT2D eigenvalue weighted by atomic mass is 10.00. The lowest BCUT2D eigenvalue weighted by Gasteiger charge is -2.19. The summed E-state index contributed by atoms with van der Waals surface area (Å²) in [7, 11) is 0. The summed E-state index contributed by atoms with van der Waals surface area (Å²) in [6.07, 6.45) is 1.80. The van der Waals surface area contributed by atoms with Gasteiger partial charge in [-0.25, -0.2) is 0 Å². The molecule has 1 aliphatic heterocycles. The van der Waals surface area contributed by atoms with Crippen LogP contribution in [-0.2, 0) is 0 Å². The second-order valence-corrected chi connectivity index (χ2v) is 4.54. The molecule has 0 aliphatic carbocycles. The summed E-state index contributed by atoms with van der Waals surface area (Å²) in [6, 6.07) is 7.26. The smallest absolute Gasteiger partial charge is 0.161 e. The molecular formula is C15H12O5. The molecule has 1 heterocycles. The second kappa shape index (κ2) is 4.38. The van der Waals surface area contributed by atoms with Gasteiger partial charge in [0.25, 0.3) is 0 Å². The molecule has 0 fully saturated rings. The Kier molecular flexibility index (Phi) is 2.68. The number of fused-ring (bicyclic) bond motifs is 1.